The van der Waals surface area contributed by atoms with E-state index in [0.717, 1.165) is 128 Å². The normalized spacial score (nSPS) is 12.9. The Kier molecular flexibility index (Phi) is 62.8. The molecule has 0 aromatic rings. The van der Waals surface area contributed by atoms with E-state index in [1.165, 1.54) is 135 Å². The van der Waals surface area contributed by atoms with Gasteiger partial charge >= 0.3 is 17.9 Å². The lowest BCUT2D eigenvalue weighted by Gasteiger charge is -2.18. The first-order valence-corrected chi connectivity index (χ1v) is 33.0. The standard InChI is InChI=1S/C73H122O6/c1-4-7-10-13-16-19-22-24-26-28-30-31-32-33-34-35-36-37-38-39-40-41-43-44-46-48-51-54-57-60-63-66-72(75)78-69-70(68-77-71(74)65-62-59-56-53-50-21-18-15-12-9-6-3)79-73(76)67-64-61-58-55-52-49-47-45-42-29-27-25-23-20-17-14-11-8-5-2/h7-8,10-11,16-17,19-20,24-27,30-31,33-34,42,45,49,52,70H,4-6,9,12-15,18,21-23,28-29,32,35-41,43-44,46-48,50-51,53-69H2,1-3H3/b10-7-,11-8-,19-16-,20-17-,26-24-,27-25-,31-30-,34-33-,45-42-,52-49-. The maximum atomic E-state index is 12.9. The Morgan fingerprint density at radius 1 is 0.266 bits per heavy atom. The summed E-state index contributed by atoms with van der Waals surface area (Å²) in [6.45, 7) is 6.40. The zero-order chi connectivity index (χ0) is 57.1. The lowest BCUT2D eigenvalue weighted by atomic mass is 10.0. The van der Waals surface area contributed by atoms with Gasteiger partial charge in [-0.25, -0.2) is 0 Å². The minimum Gasteiger partial charge on any atom is -0.462 e. The smallest absolute Gasteiger partial charge is 0.306 e. The van der Waals surface area contributed by atoms with E-state index in [0.29, 0.717) is 12.8 Å². The molecule has 0 spiro atoms. The lowest BCUT2D eigenvalue weighted by molar-refractivity contribution is -0.167. The van der Waals surface area contributed by atoms with Crippen molar-refractivity contribution in [3.8, 4) is 0 Å². The number of unbranched alkanes of at least 4 members (excludes halogenated alkanes) is 28. The van der Waals surface area contributed by atoms with Crippen LogP contribution in [0.25, 0.3) is 0 Å². The molecule has 1 unspecified atom stereocenters. The summed E-state index contributed by atoms with van der Waals surface area (Å²) >= 11 is 0. The Morgan fingerprint density at radius 3 is 0.785 bits per heavy atom. The van der Waals surface area contributed by atoms with Crippen molar-refractivity contribution < 1.29 is 28.6 Å². The minimum atomic E-state index is -0.796. The second-order valence-electron chi connectivity index (χ2n) is 21.6. The number of hydrogen-bond donors (Lipinski definition) is 0. The number of allylic oxidation sites excluding steroid dienone is 20. The van der Waals surface area contributed by atoms with Gasteiger partial charge in [-0.1, -0.05) is 296 Å². The molecule has 0 aromatic heterocycles. The van der Waals surface area contributed by atoms with E-state index in [1.807, 2.05) is 0 Å². The maximum absolute atomic E-state index is 12.9. The molecule has 0 N–H and O–H groups in total. The third kappa shape index (κ3) is 64.5. The van der Waals surface area contributed by atoms with Crippen LogP contribution in [0, 0.1) is 0 Å². The van der Waals surface area contributed by atoms with Crippen molar-refractivity contribution in [1.82, 2.24) is 0 Å². The van der Waals surface area contributed by atoms with Crippen LogP contribution >= 0.6 is 0 Å². The van der Waals surface area contributed by atoms with Gasteiger partial charge in [0, 0.05) is 19.3 Å². The molecule has 450 valence electrons. The van der Waals surface area contributed by atoms with Gasteiger partial charge in [-0.05, 0) is 109 Å². The molecule has 0 aliphatic rings. The zero-order valence-corrected chi connectivity index (χ0v) is 51.6. The average Bonchev–Trinajstić information content (AvgIpc) is 3.45. The van der Waals surface area contributed by atoms with E-state index in [4.69, 9.17) is 14.2 Å². The highest BCUT2D eigenvalue weighted by Crippen LogP contribution is 2.16. The van der Waals surface area contributed by atoms with Crippen LogP contribution in [0.2, 0.25) is 0 Å². The fourth-order valence-corrected chi connectivity index (χ4v) is 9.09. The number of ether oxygens (including phenoxy) is 3. The third-order valence-electron chi connectivity index (χ3n) is 14.0. The molecule has 6 heteroatoms. The molecule has 0 saturated heterocycles. The topological polar surface area (TPSA) is 78.9 Å². The molecule has 0 fully saturated rings. The third-order valence-corrected chi connectivity index (χ3v) is 14.0. The van der Waals surface area contributed by atoms with Gasteiger partial charge in [-0.2, -0.15) is 0 Å². The predicted octanol–water partition coefficient (Wildman–Crippen LogP) is 22.8. The summed E-state index contributed by atoms with van der Waals surface area (Å²) in [5.74, 6) is -0.916. The fraction of sp³-hybridized carbons (Fsp3) is 0.685. The first-order valence-electron chi connectivity index (χ1n) is 33.0. The van der Waals surface area contributed by atoms with E-state index >= 15 is 0 Å². The number of carbonyl (C=O) groups excluding carboxylic acids is 3. The summed E-state index contributed by atoms with van der Waals surface area (Å²) in [4.78, 5) is 38.3. The van der Waals surface area contributed by atoms with Crippen LogP contribution < -0.4 is 0 Å². The lowest BCUT2D eigenvalue weighted by Crippen LogP contribution is -2.30. The van der Waals surface area contributed by atoms with Gasteiger partial charge in [0.1, 0.15) is 13.2 Å². The molecule has 0 rings (SSSR count). The van der Waals surface area contributed by atoms with Gasteiger partial charge in [0.05, 0.1) is 0 Å². The van der Waals surface area contributed by atoms with Gasteiger partial charge < -0.3 is 14.2 Å². The number of hydrogen-bond acceptors (Lipinski definition) is 6. The van der Waals surface area contributed by atoms with E-state index < -0.39 is 6.10 Å². The Bertz CT molecular complexity index is 1640. The zero-order valence-electron chi connectivity index (χ0n) is 51.6. The van der Waals surface area contributed by atoms with Crippen LogP contribution in [0.15, 0.2) is 122 Å². The Balaban J connectivity index is 4.24. The minimum absolute atomic E-state index is 0.0899. The molecule has 0 aliphatic heterocycles. The quantitative estimate of drug-likeness (QED) is 0.0261. The van der Waals surface area contributed by atoms with E-state index in [-0.39, 0.29) is 37.5 Å². The molecular formula is C73H122O6. The van der Waals surface area contributed by atoms with Crippen molar-refractivity contribution in [2.24, 2.45) is 0 Å². The van der Waals surface area contributed by atoms with Crippen molar-refractivity contribution >= 4 is 17.9 Å². The van der Waals surface area contributed by atoms with Gasteiger partial charge in [-0.3, -0.25) is 14.4 Å². The first kappa shape index (κ1) is 74.8. The summed E-state index contributed by atoms with van der Waals surface area (Å²) in [6, 6.07) is 0. The number of rotatable bonds is 59. The molecule has 1 atom stereocenters. The van der Waals surface area contributed by atoms with Crippen LogP contribution in [0.5, 0.6) is 0 Å². The summed E-state index contributed by atoms with van der Waals surface area (Å²) in [5.41, 5.74) is 0. The molecular weight excluding hydrogens is 973 g/mol. The first-order chi connectivity index (χ1) is 39.0. The predicted molar refractivity (Wildman–Crippen MR) is 343 cm³/mol. The van der Waals surface area contributed by atoms with Gasteiger partial charge in [0.25, 0.3) is 0 Å². The van der Waals surface area contributed by atoms with Crippen molar-refractivity contribution in [2.75, 3.05) is 13.2 Å². The molecule has 0 amide bonds. The van der Waals surface area contributed by atoms with E-state index in [9.17, 15) is 14.4 Å². The van der Waals surface area contributed by atoms with Crippen LogP contribution in [0.1, 0.15) is 303 Å². The summed E-state index contributed by atoms with van der Waals surface area (Å²) in [6.07, 6.45) is 92.2. The largest absolute Gasteiger partial charge is 0.462 e. The average molecular weight is 1100 g/mol. The van der Waals surface area contributed by atoms with Gasteiger partial charge in [0.2, 0.25) is 0 Å². The van der Waals surface area contributed by atoms with E-state index in [2.05, 4.69) is 142 Å². The number of esters is 3. The molecule has 79 heavy (non-hydrogen) atoms. The van der Waals surface area contributed by atoms with Gasteiger partial charge in [-0.15, -0.1) is 0 Å². The van der Waals surface area contributed by atoms with Crippen molar-refractivity contribution in [2.45, 2.75) is 309 Å². The van der Waals surface area contributed by atoms with Crippen molar-refractivity contribution in [3.63, 3.8) is 0 Å². The second-order valence-corrected chi connectivity index (χ2v) is 21.6. The summed E-state index contributed by atoms with van der Waals surface area (Å²) in [7, 11) is 0. The maximum Gasteiger partial charge on any atom is 0.306 e. The van der Waals surface area contributed by atoms with Crippen LogP contribution in [-0.2, 0) is 28.6 Å². The monoisotopic (exact) mass is 1090 g/mol. The molecule has 0 aliphatic carbocycles. The van der Waals surface area contributed by atoms with Crippen LogP contribution in [-0.4, -0.2) is 37.2 Å². The molecule has 6 nitrogen and oxygen atoms in total. The van der Waals surface area contributed by atoms with Crippen molar-refractivity contribution in [3.05, 3.63) is 122 Å². The fourth-order valence-electron chi connectivity index (χ4n) is 9.09. The Morgan fingerprint density at radius 2 is 0.494 bits per heavy atom. The highest BCUT2D eigenvalue weighted by Gasteiger charge is 2.19. The highest BCUT2D eigenvalue weighted by molar-refractivity contribution is 5.71. The number of carbonyl (C=O) groups is 3. The SMILES string of the molecule is CC/C=C\C/C=C\C/C=C\C/C=C\C/C=C\CCCCCCCCCCCCCCCCCC(=O)OCC(COC(=O)CCCCCCCCCCCCC)OC(=O)CCCCC/C=C\C/C=C\C/C=C\C/C=C\C/C=C\CC. The van der Waals surface area contributed by atoms with E-state index in [1.54, 1.807) is 0 Å². The second kappa shape index (κ2) is 66.3. The molecule has 0 radical (unpaired) electrons. The van der Waals surface area contributed by atoms with Crippen molar-refractivity contribution in [1.29, 1.82) is 0 Å². The summed E-state index contributed by atoms with van der Waals surface area (Å²) < 4.78 is 16.9. The van der Waals surface area contributed by atoms with Crippen LogP contribution in [0.4, 0.5) is 0 Å². The molecule has 0 saturated carbocycles. The molecule has 0 heterocycles. The van der Waals surface area contributed by atoms with Gasteiger partial charge in [0.15, 0.2) is 6.10 Å². The van der Waals surface area contributed by atoms with Crippen LogP contribution in [0.3, 0.4) is 0 Å². The Hall–Kier alpha value is -4.19. The molecule has 0 aromatic carbocycles. The Labute approximate surface area is 488 Å². The highest BCUT2D eigenvalue weighted by atomic mass is 16.6. The summed E-state index contributed by atoms with van der Waals surface area (Å²) in [5, 5.41) is 0. The molecule has 0 bridgehead atoms.